The van der Waals surface area contributed by atoms with Crippen LogP contribution in [-0.2, 0) is 16.1 Å². The van der Waals surface area contributed by atoms with Crippen molar-refractivity contribution < 1.29 is 14.6 Å². The van der Waals surface area contributed by atoms with E-state index >= 15 is 0 Å². The quantitative estimate of drug-likeness (QED) is 0.695. The van der Waals surface area contributed by atoms with Crippen molar-refractivity contribution in [2.24, 2.45) is 0 Å². The van der Waals surface area contributed by atoms with Crippen LogP contribution in [0.15, 0.2) is 12.3 Å². The van der Waals surface area contributed by atoms with Gasteiger partial charge in [0.2, 0.25) is 0 Å². The molecule has 0 unspecified atom stereocenters. The molecule has 0 aliphatic heterocycles. The Hall–Kier alpha value is -1.58. The van der Waals surface area contributed by atoms with Crippen molar-refractivity contribution in [2.45, 2.75) is 20.5 Å². The van der Waals surface area contributed by atoms with E-state index in [1.165, 1.54) is 13.0 Å². The lowest BCUT2D eigenvalue weighted by Crippen LogP contribution is -1.99. The maximum atomic E-state index is 10.5. The molecule has 4 nitrogen and oxygen atoms in total. The number of ether oxygens (including phenoxy) is 1. The number of nitrogens with zero attached hydrogens (tertiary/aromatic N) is 1. The normalized spacial score (nSPS) is 9.69. The van der Waals surface area contributed by atoms with Gasteiger partial charge in [-0.2, -0.15) is 0 Å². The number of aromatic nitrogens is 1. The van der Waals surface area contributed by atoms with E-state index in [9.17, 15) is 9.90 Å². The van der Waals surface area contributed by atoms with Crippen molar-refractivity contribution in [3.63, 3.8) is 0 Å². The van der Waals surface area contributed by atoms with E-state index in [-0.39, 0.29) is 18.3 Å². The van der Waals surface area contributed by atoms with Crippen LogP contribution in [0.1, 0.15) is 18.2 Å². The van der Waals surface area contributed by atoms with Crippen LogP contribution in [0, 0.1) is 6.92 Å². The summed E-state index contributed by atoms with van der Waals surface area (Å²) in [5.74, 6) is -0.232. The van der Waals surface area contributed by atoms with Crippen molar-refractivity contribution in [3.05, 3.63) is 23.5 Å². The molecule has 1 rings (SSSR count). The summed E-state index contributed by atoms with van der Waals surface area (Å²) in [6.45, 7) is 3.18. The number of esters is 1. The highest BCUT2D eigenvalue weighted by Gasteiger charge is 2.01. The third kappa shape index (κ3) is 2.74. The minimum atomic E-state index is -0.347. The minimum absolute atomic E-state index is 0.115. The lowest BCUT2D eigenvalue weighted by Gasteiger charge is -2.03. The fraction of sp³-hybridized carbons (Fsp3) is 0.333. The molecule has 0 aliphatic rings. The molecule has 0 saturated carbocycles. The van der Waals surface area contributed by atoms with Gasteiger partial charge in [-0.05, 0) is 13.0 Å². The van der Waals surface area contributed by atoms with Gasteiger partial charge in [-0.15, -0.1) is 0 Å². The van der Waals surface area contributed by atoms with Gasteiger partial charge in [-0.1, -0.05) is 0 Å². The summed E-state index contributed by atoms with van der Waals surface area (Å²) in [7, 11) is 0. The zero-order valence-corrected chi connectivity index (χ0v) is 7.57. The molecule has 4 heteroatoms. The first-order chi connectivity index (χ1) is 6.09. The second-order valence-corrected chi connectivity index (χ2v) is 2.73. The highest BCUT2D eigenvalue weighted by atomic mass is 16.5. The molecule has 0 bridgehead atoms. The fourth-order valence-corrected chi connectivity index (χ4v) is 0.827. The van der Waals surface area contributed by atoms with Crippen molar-refractivity contribution >= 4 is 5.97 Å². The molecule has 0 saturated heterocycles. The third-order valence-corrected chi connectivity index (χ3v) is 1.56. The highest BCUT2D eigenvalue weighted by Crippen LogP contribution is 2.14. The summed E-state index contributed by atoms with van der Waals surface area (Å²) < 4.78 is 4.73. The molecule has 0 aromatic carbocycles. The maximum Gasteiger partial charge on any atom is 0.302 e. The first-order valence-corrected chi connectivity index (χ1v) is 3.87. The highest BCUT2D eigenvalue weighted by molar-refractivity contribution is 5.65. The number of hydrogen-bond acceptors (Lipinski definition) is 4. The Bertz CT molecular complexity index is 323. The molecule has 0 spiro atoms. The van der Waals surface area contributed by atoms with Crippen LogP contribution < -0.4 is 0 Å². The zero-order valence-electron chi connectivity index (χ0n) is 7.57. The number of rotatable bonds is 2. The summed E-state index contributed by atoms with van der Waals surface area (Å²) in [5, 5.41) is 9.26. The van der Waals surface area contributed by atoms with Crippen LogP contribution in [0.5, 0.6) is 5.75 Å². The maximum absolute atomic E-state index is 10.5. The smallest absolute Gasteiger partial charge is 0.302 e. The molecule has 1 aromatic rings. The van der Waals surface area contributed by atoms with Crippen LogP contribution in [0.2, 0.25) is 0 Å². The number of pyridine rings is 1. The van der Waals surface area contributed by atoms with E-state index in [2.05, 4.69) is 4.98 Å². The Kier molecular flexibility index (Phi) is 2.84. The zero-order chi connectivity index (χ0) is 9.84. The Balaban J connectivity index is 2.68. The Morgan fingerprint density at radius 3 is 2.92 bits per heavy atom. The topological polar surface area (TPSA) is 59.4 Å². The number of aryl methyl sites for hydroxylation is 1. The number of hydrogen-bond donors (Lipinski definition) is 1. The molecule has 0 amide bonds. The molecular formula is C9H11NO3. The number of carbonyl (C=O) groups excluding carboxylic acids is 1. The van der Waals surface area contributed by atoms with Gasteiger partial charge >= 0.3 is 5.97 Å². The van der Waals surface area contributed by atoms with E-state index in [0.717, 1.165) is 0 Å². The van der Waals surface area contributed by atoms with Crippen molar-refractivity contribution in [2.75, 3.05) is 0 Å². The molecule has 13 heavy (non-hydrogen) atoms. The third-order valence-electron chi connectivity index (χ3n) is 1.56. The van der Waals surface area contributed by atoms with E-state index in [4.69, 9.17) is 4.74 Å². The predicted octanol–water partition coefficient (Wildman–Crippen LogP) is 1.16. The Morgan fingerprint density at radius 2 is 2.38 bits per heavy atom. The summed E-state index contributed by atoms with van der Waals surface area (Å²) >= 11 is 0. The molecule has 1 N–H and O–H groups in total. The summed E-state index contributed by atoms with van der Waals surface area (Å²) in [4.78, 5) is 14.4. The fourth-order valence-electron chi connectivity index (χ4n) is 0.827. The Labute approximate surface area is 76.2 Å². The molecule has 0 aliphatic carbocycles. The molecule has 70 valence electrons. The predicted molar refractivity (Wildman–Crippen MR) is 46.1 cm³/mol. The number of carbonyl (C=O) groups is 1. The van der Waals surface area contributed by atoms with Gasteiger partial charge in [0.25, 0.3) is 0 Å². The SMILES string of the molecule is CC(=O)OCc1cnc(C)c(O)c1. The average molecular weight is 181 g/mol. The average Bonchev–Trinajstić information content (AvgIpc) is 2.07. The van der Waals surface area contributed by atoms with Crippen LogP contribution >= 0.6 is 0 Å². The van der Waals surface area contributed by atoms with E-state index in [1.54, 1.807) is 13.1 Å². The van der Waals surface area contributed by atoms with Gasteiger partial charge < -0.3 is 9.84 Å². The largest absolute Gasteiger partial charge is 0.506 e. The van der Waals surface area contributed by atoms with Gasteiger partial charge in [0.15, 0.2) is 0 Å². The first-order valence-electron chi connectivity index (χ1n) is 3.87. The van der Waals surface area contributed by atoms with Crippen LogP contribution in [0.4, 0.5) is 0 Å². The molecule has 0 fully saturated rings. The molecule has 1 heterocycles. The van der Waals surface area contributed by atoms with Crippen molar-refractivity contribution in [1.29, 1.82) is 0 Å². The van der Waals surface area contributed by atoms with E-state index in [0.29, 0.717) is 11.3 Å². The van der Waals surface area contributed by atoms with E-state index < -0.39 is 0 Å². The van der Waals surface area contributed by atoms with Gasteiger partial charge in [0.05, 0.1) is 5.69 Å². The lowest BCUT2D eigenvalue weighted by atomic mass is 10.2. The van der Waals surface area contributed by atoms with Crippen molar-refractivity contribution in [1.82, 2.24) is 4.98 Å². The van der Waals surface area contributed by atoms with Crippen LogP contribution in [-0.4, -0.2) is 16.1 Å². The lowest BCUT2D eigenvalue weighted by molar-refractivity contribution is -0.142. The second-order valence-electron chi connectivity index (χ2n) is 2.73. The minimum Gasteiger partial charge on any atom is -0.506 e. The number of aromatic hydroxyl groups is 1. The standard InChI is InChI=1S/C9H11NO3/c1-6-9(12)3-8(4-10-6)5-13-7(2)11/h3-4,12H,5H2,1-2H3. The van der Waals surface area contributed by atoms with Crippen molar-refractivity contribution in [3.8, 4) is 5.75 Å². The first kappa shape index (κ1) is 9.51. The van der Waals surface area contributed by atoms with Gasteiger partial charge in [0, 0.05) is 18.7 Å². The monoisotopic (exact) mass is 181 g/mol. The summed E-state index contributed by atoms with van der Waals surface area (Å²) in [5.41, 5.74) is 1.24. The van der Waals surface area contributed by atoms with E-state index in [1.807, 2.05) is 0 Å². The van der Waals surface area contributed by atoms with Crippen LogP contribution in [0.3, 0.4) is 0 Å². The Morgan fingerprint density at radius 1 is 1.69 bits per heavy atom. The molecule has 0 radical (unpaired) electrons. The molecule has 0 atom stereocenters. The summed E-state index contributed by atoms with van der Waals surface area (Å²) in [6.07, 6.45) is 1.57. The molecular weight excluding hydrogens is 170 g/mol. The second kappa shape index (κ2) is 3.89. The van der Waals surface area contributed by atoms with Gasteiger partial charge in [0.1, 0.15) is 12.4 Å². The van der Waals surface area contributed by atoms with Crippen LogP contribution in [0.25, 0.3) is 0 Å². The molecule has 1 aromatic heterocycles. The summed E-state index contributed by atoms with van der Waals surface area (Å²) in [6, 6.07) is 1.53. The van der Waals surface area contributed by atoms with Gasteiger partial charge in [-0.25, -0.2) is 0 Å². The van der Waals surface area contributed by atoms with Gasteiger partial charge in [-0.3, -0.25) is 9.78 Å².